The van der Waals surface area contributed by atoms with Gasteiger partial charge in [0.1, 0.15) is 0 Å². The molecule has 2 rings (SSSR count). The number of hydrogen-bond acceptors (Lipinski definition) is 4. The molecule has 2 aliphatic rings. The molecule has 19 heavy (non-hydrogen) atoms. The van der Waals surface area contributed by atoms with Gasteiger partial charge in [0.25, 0.3) is 0 Å². The van der Waals surface area contributed by atoms with E-state index >= 15 is 0 Å². The molecule has 0 spiro atoms. The van der Waals surface area contributed by atoms with Crippen molar-refractivity contribution in [3.63, 3.8) is 0 Å². The van der Waals surface area contributed by atoms with E-state index in [1.807, 2.05) is 11.8 Å². The third-order valence-electron chi connectivity index (χ3n) is 4.09. The Kier molecular flexibility index (Phi) is 5.54. The number of amides is 1. The van der Waals surface area contributed by atoms with Gasteiger partial charge in [-0.1, -0.05) is 20.8 Å². The molecule has 2 fully saturated rings. The van der Waals surface area contributed by atoms with Gasteiger partial charge in [-0.05, 0) is 12.3 Å². The first kappa shape index (κ1) is 15.1. The minimum atomic E-state index is 0.0318. The Morgan fingerprint density at radius 3 is 2.58 bits per heavy atom. The van der Waals surface area contributed by atoms with Gasteiger partial charge in [-0.3, -0.25) is 15.0 Å². The van der Waals surface area contributed by atoms with Crippen LogP contribution in [0, 0.1) is 5.92 Å². The summed E-state index contributed by atoms with van der Waals surface area (Å²) >= 11 is 2.03. The lowest BCUT2D eigenvalue weighted by molar-refractivity contribution is -0.130. The summed E-state index contributed by atoms with van der Waals surface area (Å²) in [6, 6.07) is 0.0318. The van der Waals surface area contributed by atoms with Crippen molar-refractivity contribution in [2.24, 2.45) is 5.92 Å². The molecule has 1 amide bonds. The first-order valence-corrected chi connectivity index (χ1v) is 8.65. The van der Waals surface area contributed by atoms with E-state index in [9.17, 15) is 4.79 Å². The maximum absolute atomic E-state index is 12.4. The lowest BCUT2D eigenvalue weighted by Crippen LogP contribution is -2.46. The van der Waals surface area contributed by atoms with Crippen LogP contribution in [0.1, 0.15) is 27.2 Å². The fraction of sp³-hybridized carbons (Fsp3) is 0.929. The van der Waals surface area contributed by atoms with E-state index in [1.165, 1.54) is 24.6 Å². The highest BCUT2D eigenvalue weighted by molar-refractivity contribution is 7.99. The summed E-state index contributed by atoms with van der Waals surface area (Å²) in [6.45, 7) is 10.7. The van der Waals surface area contributed by atoms with Gasteiger partial charge in [-0.25, -0.2) is 0 Å². The molecule has 0 aliphatic carbocycles. The van der Waals surface area contributed by atoms with Gasteiger partial charge in [0, 0.05) is 37.7 Å². The molecule has 0 saturated carbocycles. The highest BCUT2D eigenvalue weighted by atomic mass is 32.2. The standard InChI is InChI=1S/C14H27N3OS/c1-4-12-14(18)17(13(15-12)11(2)3)6-5-16-7-9-19-10-8-16/h11-13,15H,4-10H2,1-3H3. The maximum Gasteiger partial charge on any atom is 0.241 e. The number of nitrogens with one attached hydrogen (secondary N) is 1. The number of carbonyl (C=O) groups excluding carboxylic acids is 1. The monoisotopic (exact) mass is 285 g/mol. The van der Waals surface area contributed by atoms with E-state index < -0.39 is 0 Å². The van der Waals surface area contributed by atoms with E-state index in [0.29, 0.717) is 11.8 Å². The summed E-state index contributed by atoms with van der Waals surface area (Å²) in [5, 5.41) is 3.48. The van der Waals surface area contributed by atoms with E-state index in [-0.39, 0.29) is 12.2 Å². The lowest BCUT2D eigenvalue weighted by atomic mass is 10.1. The van der Waals surface area contributed by atoms with Crippen LogP contribution >= 0.6 is 11.8 Å². The summed E-state index contributed by atoms with van der Waals surface area (Å²) in [5.74, 6) is 3.24. The van der Waals surface area contributed by atoms with Crippen molar-refractivity contribution in [2.45, 2.75) is 39.4 Å². The van der Waals surface area contributed by atoms with Crippen LogP contribution in [0.25, 0.3) is 0 Å². The normalized spacial score (nSPS) is 29.5. The van der Waals surface area contributed by atoms with Gasteiger partial charge >= 0.3 is 0 Å². The Labute approximate surface area is 121 Å². The first-order chi connectivity index (χ1) is 9.13. The largest absolute Gasteiger partial charge is 0.324 e. The van der Waals surface area contributed by atoms with Crippen LogP contribution in [0.3, 0.4) is 0 Å². The highest BCUT2D eigenvalue weighted by Crippen LogP contribution is 2.19. The molecule has 0 radical (unpaired) electrons. The summed E-state index contributed by atoms with van der Waals surface area (Å²) in [6.07, 6.45) is 1.11. The summed E-state index contributed by atoms with van der Waals surface area (Å²) in [5.41, 5.74) is 0. The van der Waals surface area contributed by atoms with Crippen LogP contribution in [-0.2, 0) is 4.79 Å². The van der Waals surface area contributed by atoms with Crippen LogP contribution < -0.4 is 5.32 Å². The third kappa shape index (κ3) is 3.64. The second-order valence-corrected chi connectivity index (χ2v) is 7.03. The average molecular weight is 285 g/mol. The molecule has 0 bridgehead atoms. The van der Waals surface area contributed by atoms with E-state index in [1.54, 1.807) is 0 Å². The van der Waals surface area contributed by atoms with Crippen molar-refractivity contribution in [3.8, 4) is 0 Å². The van der Waals surface area contributed by atoms with Crippen LogP contribution in [0.4, 0.5) is 0 Å². The van der Waals surface area contributed by atoms with Crippen LogP contribution in [0.5, 0.6) is 0 Å². The lowest BCUT2D eigenvalue weighted by Gasteiger charge is -2.31. The van der Waals surface area contributed by atoms with Crippen LogP contribution in [0.15, 0.2) is 0 Å². The molecular formula is C14H27N3OS. The van der Waals surface area contributed by atoms with Gasteiger partial charge < -0.3 is 4.90 Å². The van der Waals surface area contributed by atoms with Crippen molar-refractivity contribution in [2.75, 3.05) is 37.7 Å². The Hall–Kier alpha value is -0.260. The molecular weight excluding hydrogens is 258 g/mol. The van der Waals surface area contributed by atoms with E-state index in [4.69, 9.17) is 0 Å². The van der Waals surface area contributed by atoms with Crippen molar-refractivity contribution < 1.29 is 4.79 Å². The second-order valence-electron chi connectivity index (χ2n) is 5.80. The Morgan fingerprint density at radius 1 is 1.32 bits per heavy atom. The number of hydrogen-bond donors (Lipinski definition) is 1. The minimum absolute atomic E-state index is 0.0318. The molecule has 110 valence electrons. The second kappa shape index (κ2) is 6.95. The fourth-order valence-corrected chi connectivity index (χ4v) is 3.85. The number of thioether (sulfide) groups is 1. The zero-order valence-electron chi connectivity index (χ0n) is 12.4. The van der Waals surface area contributed by atoms with Gasteiger partial charge in [-0.2, -0.15) is 11.8 Å². The average Bonchev–Trinajstić information content (AvgIpc) is 2.74. The molecule has 0 aromatic heterocycles. The van der Waals surface area contributed by atoms with Gasteiger partial charge in [0.2, 0.25) is 5.91 Å². The molecule has 2 saturated heterocycles. The van der Waals surface area contributed by atoms with Gasteiger partial charge in [0.15, 0.2) is 0 Å². The number of rotatable bonds is 5. The predicted octanol–water partition coefficient (Wildman–Crippen LogP) is 1.23. The smallest absolute Gasteiger partial charge is 0.241 e. The van der Waals surface area contributed by atoms with Gasteiger partial charge in [-0.15, -0.1) is 0 Å². The third-order valence-corrected chi connectivity index (χ3v) is 5.03. The Bertz CT molecular complexity index is 305. The Balaban J connectivity index is 1.90. The molecule has 1 N–H and O–H groups in total. The molecule has 0 aromatic rings. The molecule has 2 heterocycles. The van der Waals surface area contributed by atoms with Crippen molar-refractivity contribution >= 4 is 17.7 Å². The molecule has 2 aliphatic heterocycles. The summed E-state index contributed by atoms with van der Waals surface area (Å²) in [7, 11) is 0. The van der Waals surface area contributed by atoms with Crippen molar-refractivity contribution in [1.82, 2.24) is 15.1 Å². The minimum Gasteiger partial charge on any atom is -0.324 e. The number of carbonyl (C=O) groups is 1. The molecule has 4 nitrogen and oxygen atoms in total. The zero-order valence-corrected chi connectivity index (χ0v) is 13.2. The van der Waals surface area contributed by atoms with Crippen LogP contribution in [0.2, 0.25) is 0 Å². The fourth-order valence-electron chi connectivity index (χ4n) is 2.87. The first-order valence-electron chi connectivity index (χ1n) is 7.50. The van der Waals surface area contributed by atoms with Gasteiger partial charge in [0.05, 0.1) is 12.2 Å². The SMILES string of the molecule is CCC1NC(C(C)C)N(CCN2CCSCC2)C1=O. The number of nitrogens with zero attached hydrogens (tertiary/aromatic N) is 2. The zero-order chi connectivity index (χ0) is 13.8. The quantitative estimate of drug-likeness (QED) is 0.824. The van der Waals surface area contributed by atoms with E-state index in [2.05, 4.69) is 35.9 Å². The molecule has 2 unspecified atom stereocenters. The van der Waals surface area contributed by atoms with E-state index in [0.717, 1.165) is 19.5 Å². The van der Waals surface area contributed by atoms with Crippen molar-refractivity contribution in [1.29, 1.82) is 0 Å². The van der Waals surface area contributed by atoms with Crippen LogP contribution in [-0.4, -0.2) is 65.6 Å². The highest BCUT2D eigenvalue weighted by Gasteiger charge is 2.38. The topological polar surface area (TPSA) is 35.6 Å². The Morgan fingerprint density at radius 2 is 2.00 bits per heavy atom. The molecule has 2 atom stereocenters. The summed E-state index contributed by atoms with van der Waals surface area (Å²) < 4.78 is 0. The molecule has 0 aromatic carbocycles. The van der Waals surface area contributed by atoms with Crippen molar-refractivity contribution in [3.05, 3.63) is 0 Å². The summed E-state index contributed by atoms with van der Waals surface area (Å²) in [4.78, 5) is 16.9. The predicted molar refractivity (Wildman–Crippen MR) is 81.3 cm³/mol. The molecule has 5 heteroatoms. The maximum atomic E-state index is 12.4.